The number of carbonyl (C=O) groups excluding carboxylic acids is 1. The molecule has 1 heterocycles. The van der Waals surface area contributed by atoms with Crippen molar-refractivity contribution in [2.45, 2.75) is 38.9 Å². The smallest absolute Gasteiger partial charge is 0.224 e. The second kappa shape index (κ2) is 6.24. The summed E-state index contributed by atoms with van der Waals surface area (Å²) >= 11 is 0. The Morgan fingerprint density at radius 3 is 2.95 bits per heavy atom. The molecule has 110 valence electrons. The number of ether oxygens (including phenoxy) is 1. The second-order valence-corrected chi connectivity index (χ2v) is 5.10. The molecule has 20 heavy (non-hydrogen) atoms. The first-order chi connectivity index (χ1) is 9.56. The second-order valence-electron chi connectivity index (χ2n) is 5.10. The van der Waals surface area contributed by atoms with E-state index in [-0.39, 0.29) is 12.0 Å². The third-order valence-electron chi connectivity index (χ3n) is 3.61. The molecule has 0 aliphatic carbocycles. The van der Waals surface area contributed by atoms with Crippen molar-refractivity contribution in [1.82, 2.24) is 0 Å². The third-order valence-corrected chi connectivity index (χ3v) is 3.61. The summed E-state index contributed by atoms with van der Waals surface area (Å²) in [7, 11) is 0. The number of benzene rings is 1. The van der Waals surface area contributed by atoms with Crippen LogP contribution >= 0.6 is 0 Å². The van der Waals surface area contributed by atoms with Crippen molar-refractivity contribution in [3.8, 4) is 5.75 Å². The highest BCUT2D eigenvalue weighted by molar-refractivity contribution is 5.93. The molecule has 0 saturated heterocycles. The molecule has 1 aliphatic heterocycles. The number of anilines is 1. The number of nitrogens with zero attached hydrogens (tertiary/aromatic N) is 1. The van der Waals surface area contributed by atoms with Crippen molar-refractivity contribution >= 4 is 11.6 Å². The standard InChI is InChI=1S/C15H22N2O3/c1-3-12-9-17(10(2)18)13-8-11(14(19)6-7-16)4-5-15(13)20-12/h4-5,8,12,14,19H,3,6-7,9,16H2,1-2H3. The molecular weight excluding hydrogens is 256 g/mol. The quantitative estimate of drug-likeness (QED) is 0.877. The number of aliphatic hydroxyl groups is 1. The third kappa shape index (κ3) is 2.94. The zero-order chi connectivity index (χ0) is 14.7. The molecule has 1 amide bonds. The predicted molar refractivity (Wildman–Crippen MR) is 77.8 cm³/mol. The van der Waals surface area contributed by atoms with Crippen LogP contribution in [-0.4, -0.2) is 30.2 Å². The molecule has 0 aromatic heterocycles. The lowest BCUT2D eigenvalue weighted by Gasteiger charge is -2.34. The van der Waals surface area contributed by atoms with Crippen molar-refractivity contribution in [3.63, 3.8) is 0 Å². The molecule has 2 atom stereocenters. The van der Waals surface area contributed by atoms with Gasteiger partial charge in [0, 0.05) is 6.92 Å². The number of amides is 1. The maximum Gasteiger partial charge on any atom is 0.224 e. The number of fused-ring (bicyclic) bond motifs is 1. The zero-order valence-electron chi connectivity index (χ0n) is 12.0. The van der Waals surface area contributed by atoms with Gasteiger partial charge in [0.1, 0.15) is 11.9 Å². The van der Waals surface area contributed by atoms with Crippen molar-refractivity contribution in [2.75, 3.05) is 18.0 Å². The van der Waals surface area contributed by atoms with Gasteiger partial charge in [-0.25, -0.2) is 0 Å². The maximum atomic E-state index is 11.8. The molecule has 2 unspecified atom stereocenters. The summed E-state index contributed by atoms with van der Waals surface area (Å²) in [5.74, 6) is 0.681. The van der Waals surface area contributed by atoms with E-state index in [1.807, 2.05) is 25.1 Å². The number of hydrogen-bond acceptors (Lipinski definition) is 4. The van der Waals surface area contributed by atoms with Gasteiger partial charge in [-0.05, 0) is 37.1 Å². The van der Waals surface area contributed by atoms with Crippen LogP contribution in [0.3, 0.4) is 0 Å². The topological polar surface area (TPSA) is 75.8 Å². The fraction of sp³-hybridized carbons (Fsp3) is 0.533. The number of rotatable bonds is 4. The Bertz CT molecular complexity index is 490. The van der Waals surface area contributed by atoms with E-state index in [2.05, 4.69) is 0 Å². The van der Waals surface area contributed by atoms with Crippen molar-refractivity contribution in [1.29, 1.82) is 0 Å². The summed E-state index contributed by atoms with van der Waals surface area (Å²) in [5, 5.41) is 10.0. The average Bonchev–Trinajstić information content (AvgIpc) is 2.45. The van der Waals surface area contributed by atoms with Crippen LogP contribution in [0.25, 0.3) is 0 Å². The predicted octanol–water partition coefficient (Wildman–Crippen LogP) is 1.59. The molecule has 2 rings (SSSR count). The van der Waals surface area contributed by atoms with Crippen LogP contribution in [0.4, 0.5) is 5.69 Å². The van der Waals surface area contributed by atoms with Gasteiger partial charge in [0.05, 0.1) is 18.3 Å². The first-order valence-corrected chi connectivity index (χ1v) is 7.03. The summed E-state index contributed by atoms with van der Waals surface area (Å²) in [6.07, 6.45) is 0.757. The number of carbonyl (C=O) groups is 1. The fourth-order valence-corrected chi connectivity index (χ4v) is 2.41. The Labute approximate surface area is 119 Å². The van der Waals surface area contributed by atoms with Gasteiger partial charge < -0.3 is 20.5 Å². The molecule has 1 aromatic rings. The van der Waals surface area contributed by atoms with Gasteiger partial charge in [0.25, 0.3) is 0 Å². The van der Waals surface area contributed by atoms with Crippen molar-refractivity contribution in [3.05, 3.63) is 23.8 Å². The Kier molecular flexibility index (Phi) is 4.62. The first kappa shape index (κ1) is 14.8. The van der Waals surface area contributed by atoms with Crippen LogP contribution in [0.15, 0.2) is 18.2 Å². The van der Waals surface area contributed by atoms with Gasteiger partial charge in [0.15, 0.2) is 0 Å². The molecule has 0 saturated carbocycles. The number of aliphatic hydroxyl groups excluding tert-OH is 1. The normalized spacial score (nSPS) is 19.2. The lowest BCUT2D eigenvalue weighted by atomic mass is 10.0. The van der Waals surface area contributed by atoms with Crippen molar-refractivity contribution in [2.24, 2.45) is 5.73 Å². The summed E-state index contributed by atoms with van der Waals surface area (Å²) in [4.78, 5) is 13.5. The minimum Gasteiger partial charge on any atom is -0.486 e. The lowest BCUT2D eigenvalue weighted by molar-refractivity contribution is -0.117. The lowest BCUT2D eigenvalue weighted by Crippen LogP contribution is -2.42. The summed E-state index contributed by atoms with van der Waals surface area (Å²) in [5.41, 5.74) is 6.96. The Balaban J connectivity index is 2.35. The van der Waals surface area contributed by atoms with Crippen molar-refractivity contribution < 1.29 is 14.6 Å². The molecular formula is C15H22N2O3. The summed E-state index contributed by atoms with van der Waals surface area (Å²) in [6.45, 7) is 4.55. The summed E-state index contributed by atoms with van der Waals surface area (Å²) < 4.78 is 5.86. The van der Waals surface area contributed by atoms with Crippen LogP contribution in [0, 0.1) is 0 Å². The number of hydrogen-bond donors (Lipinski definition) is 2. The largest absolute Gasteiger partial charge is 0.486 e. The van der Waals surface area contributed by atoms with Gasteiger partial charge in [-0.3, -0.25) is 4.79 Å². The van der Waals surface area contributed by atoms with Crippen LogP contribution in [0.1, 0.15) is 38.4 Å². The van der Waals surface area contributed by atoms with Gasteiger partial charge in [-0.2, -0.15) is 0 Å². The van der Waals surface area contributed by atoms with Crippen LogP contribution in [0.2, 0.25) is 0 Å². The van der Waals surface area contributed by atoms with Gasteiger partial charge in [0.2, 0.25) is 5.91 Å². The van der Waals surface area contributed by atoms with E-state index in [1.165, 1.54) is 0 Å². The molecule has 5 heteroatoms. The van der Waals surface area contributed by atoms with Gasteiger partial charge >= 0.3 is 0 Å². The molecule has 0 radical (unpaired) electrons. The fourth-order valence-electron chi connectivity index (χ4n) is 2.41. The monoisotopic (exact) mass is 278 g/mol. The van der Waals surface area contributed by atoms with E-state index < -0.39 is 6.10 Å². The molecule has 0 fully saturated rings. The van der Waals surface area contributed by atoms with E-state index in [0.29, 0.717) is 25.3 Å². The maximum absolute atomic E-state index is 11.8. The molecule has 5 nitrogen and oxygen atoms in total. The highest BCUT2D eigenvalue weighted by Gasteiger charge is 2.27. The van der Waals surface area contributed by atoms with Crippen LogP contribution in [-0.2, 0) is 4.79 Å². The van der Waals surface area contributed by atoms with Gasteiger partial charge in [-0.1, -0.05) is 13.0 Å². The zero-order valence-corrected chi connectivity index (χ0v) is 12.0. The molecule has 3 N–H and O–H groups in total. The molecule has 1 aromatic carbocycles. The first-order valence-electron chi connectivity index (χ1n) is 7.03. The highest BCUT2D eigenvalue weighted by Crippen LogP contribution is 2.36. The van der Waals surface area contributed by atoms with E-state index >= 15 is 0 Å². The van der Waals surface area contributed by atoms with E-state index in [1.54, 1.807) is 11.8 Å². The minimum absolute atomic E-state index is 0.0153. The number of nitrogens with two attached hydrogens (primary N) is 1. The van der Waals surface area contributed by atoms with E-state index in [4.69, 9.17) is 10.5 Å². The summed E-state index contributed by atoms with van der Waals surface area (Å²) in [6, 6.07) is 5.47. The van der Waals surface area contributed by atoms with E-state index in [9.17, 15) is 9.90 Å². The minimum atomic E-state index is -0.608. The van der Waals surface area contributed by atoms with Gasteiger partial charge in [-0.15, -0.1) is 0 Å². The SMILES string of the molecule is CCC1CN(C(C)=O)c2cc(C(O)CCN)ccc2O1. The molecule has 0 spiro atoms. The molecule has 1 aliphatic rings. The van der Waals surface area contributed by atoms with E-state index in [0.717, 1.165) is 17.7 Å². The Morgan fingerprint density at radius 2 is 2.35 bits per heavy atom. The molecule has 0 bridgehead atoms. The van der Waals surface area contributed by atoms with Crippen LogP contribution < -0.4 is 15.4 Å². The Hall–Kier alpha value is -1.59. The highest BCUT2D eigenvalue weighted by atomic mass is 16.5. The Morgan fingerprint density at radius 1 is 1.60 bits per heavy atom. The van der Waals surface area contributed by atoms with Crippen LogP contribution in [0.5, 0.6) is 5.75 Å². The average molecular weight is 278 g/mol.